The number of phenols is 2. The number of carboxylic acid groups (broad SMARTS) is 4. The van der Waals surface area contributed by atoms with Gasteiger partial charge in [-0.1, -0.05) is 0 Å². The molecule has 5 rings (SSSR count). The molecule has 2 heterocycles. The quantitative estimate of drug-likeness (QED) is 0.135. The van der Waals surface area contributed by atoms with Crippen molar-refractivity contribution in [1.29, 1.82) is 0 Å². The molecule has 0 atom stereocenters. The van der Waals surface area contributed by atoms with E-state index in [4.69, 9.17) is 49.1 Å². The second-order valence-electron chi connectivity index (χ2n) is 9.27. The van der Waals surface area contributed by atoms with E-state index in [0.717, 1.165) is 56.7 Å². The molecule has 3 aromatic rings. The van der Waals surface area contributed by atoms with Crippen molar-refractivity contribution in [3.63, 3.8) is 0 Å². The number of carbonyl (C=O) groups excluding carboxylic acids is 1. The van der Waals surface area contributed by atoms with E-state index in [-0.39, 0.29) is 110 Å². The minimum absolute atomic E-state index is 0.101. The number of phenolic OH excluding ortho intramolecular Hbond substituents is 2. The first kappa shape index (κ1) is 41.2. The van der Waals surface area contributed by atoms with Crippen molar-refractivity contribution in [2.24, 2.45) is 0 Å². The van der Waals surface area contributed by atoms with Gasteiger partial charge in [0.25, 0.3) is 23.9 Å². The third-order valence-electron chi connectivity index (χ3n) is 5.59. The van der Waals surface area contributed by atoms with E-state index in [1.807, 2.05) is 30.3 Å². The summed E-state index contributed by atoms with van der Waals surface area (Å²) in [6, 6.07) is 11.4. The van der Waals surface area contributed by atoms with E-state index in [2.05, 4.69) is 0 Å². The molecule has 0 saturated heterocycles. The number of ether oxygens (including phenoxy) is 2. The summed E-state index contributed by atoms with van der Waals surface area (Å²) in [5.74, 6) is -1.81. The molecule has 0 bridgehead atoms. The van der Waals surface area contributed by atoms with Crippen LogP contribution in [0.15, 0.2) is 36.4 Å². The Morgan fingerprint density at radius 2 is 0.978 bits per heavy atom. The van der Waals surface area contributed by atoms with Crippen LogP contribution in [0.2, 0.25) is 0 Å². The summed E-state index contributed by atoms with van der Waals surface area (Å²) in [4.78, 5) is 48.9. The number of esters is 1. The van der Waals surface area contributed by atoms with Gasteiger partial charge in [0.1, 0.15) is 0 Å². The van der Waals surface area contributed by atoms with Gasteiger partial charge in [-0.3, -0.25) is 19.2 Å². The average Bonchev–Trinajstić information content (AvgIpc) is 3.19. The number of carboxylic acids is 4. The first-order valence-electron chi connectivity index (χ1n) is 12.6. The van der Waals surface area contributed by atoms with E-state index in [0.29, 0.717) is 28.6 Å². The number of rotatable bonds is 0. The number of hydrogen-bond acceptors (Lipinski definition) is 9. The SMILES string of the molecule is CC(=O)O.CC(=O)O.CC(=O)O.CC(=O)O.O=C1OC2(c3ccccc31)c1c[c]([Hg])c(O)[c]([Hg])c1Oc1c2c[c]([Hg])c(O)[c]1[Hg]. The Labute approximate surface area is 321 Å². The predicted octanol–water partition coefficient (Wildman–Crippen LogP) is 0.718. The van der Waals surface area contributed by atoms with E-state index in [9.17, 15) is 15.0 Å². The summed E-state index contributed by atoms with van der Waals surface area (Å²) >= 11 is 0.603. The van der Waals surface area contributed by atoms with Crippen LogP contribution in [0.5, 0.6) is 23.0 Å². The van der Waals surface area contributed by atoms with Crippen molar-refractivity contribution in [2.75, 3.05) is 0 Å². The molecule has 0 aromatic heterocycles. The van der Waals surface area contributed by atoms with Crippen LogP contribution in [0.25, 0.3) is 0 Å². The van der Waals surface area contributed by atoms with Gasteiger partial charge in [0.2, 0.25) is 0 Å². The summed E-state index contributed by atoms with van der Waals surface area (Å²) < 4.78 is 16.1. The fourth-order valence-electron chi connectivity index (χ4n) is 4.16. The molecule has 13 nitrogen and oxygen atoms in total. The zero-order valence-electron chi connectivity index (χ0n) is 24.8. The molecular formula is C28H24Hg4O13. The molecule has 45 heavy (non-hydrogen) atoms. The van der Waals surface area contributed by atoms with Crippen molar-refractivity contribution in [1.82, 2.24) is 0 Å². The van der Waals surface area contributed by atoms with Gasteiger partial charge in [-0.15, -0.1) is 0 Å². The number of fused-ring (bicyclic) bond motifs is 6. The summed E-state index contributed by atoms with van der Waals surface area (Å²) in [6.07, 6.45) is 0. The Morgan fingerprint density at radius 3 is 1.33 bits per heavy atom. The van der Waals surface area contributed by atoms with Crippen LogP contribution in [0.4, 0.5) is 0 Å². The van der Waals surface area contributed by atoms with Crippen LogP contribution < -0.4 is 17.0 Å². The summed E-state index contributed by atoms with van der Waals surface area (Å²) in [5, 5.41) is 50.9. The topological polar surface area (TPSA) is 225 Å². The molecule has 0 amide bonds. The van der Waals surface area contributed by atoms with Gasteiger partial charge in [0.05, 0.1) is 0 Å². The molecule has 222 valence electrons. The maximum atomic E-state index is 12.9. The third-order valence-corrected chi connectivity index (χ3v) is 14.9. The zero-order chi connectivity index (χ0) is 35.0. The van der Waals surface area contributed by atoms with Crippen LogP contribution in [0.3, 0.4) is 0 Å². The average molecular weight is 1370 g/mol. The minimum atomic E-state index is -1.08. The van der Waals surface area contributed by atoms with Gasteiger partial charge in [-0.2, -0.15) is 0 Å². The van der Waals surface area contributed by atoms with Crippen LogP contribution >= 0.6 is 0 Å². The monoisotopic (exact) mass is 1380 g/mol. The Morgan fingerprint density at radius 1 is 0.644 bits per heavy atom. The van der Waals surface area contributed by atoms with Crippen LogP contribution in [-0.4, -0.2) is 60.5 Å². The van der Waals surface area contributed by atoms with Crippen molar-refractivity contribution >= 4 is 42.1 Å². The van der Waals surface area contributed by atoms with E-state index < -0.39 is 29.5 Å². The van der Waals surface area contributed by atoms with Crippen molar-refractivity contribution < 1.29 is 169 Å². The molecule has 6 N–H and O–H groups in total. The fourth-order valence-corrected chi connectivity index (χ4v) is 18.8. The van der Waals surface area contributed by atoms with Crippen LogP contribution in [0, 0.1) is 0 Å². The van der Waals surface area contributed by atoms with E-state index in [1.54, 1.807) is 6.07 Å². The standard InChI is InChI=1S/C20H8O5.4C2H4O2.4Hg/c21-11-5-7-15-17(9-11)24-18-10-12(22)6-8-16(18)20(15)14-4-2-1-3-13(14)19(23)25-20;4*1-2(3)4;;;;/h1-4,7-8,21-22H;4*1H3,(H,3,4);;;;. The summed E-state index contributed by atoms with van der Waals surface area (Å²) in [7, 11) is 0. The van der Waals surface area contributed by atoms with Crippen molar-refractivity contribution in [3.05, 3.63) is 58.7 Å². The molecule has 2 aliphatic rings. The Balaban J connectivity index is 0.000000530. The van der Waals surface area contributed by atoms with Gasteiger partial charge in [-0.25, -0.2) is 0 Å². The maximum absolute atomic E-state index is 12.9. The van der Waals surface area contributed by atoms with Gasteiger partial charge in [-0.05, 0) is 0 Å². The number of hydrogen-bond donors (Lipinski definition) is 6. The van der Waals surface area contributed by atoms with E-state index in [1.165, 1.54) is 0 Å². The number of aromatic hydroxyl groups is 2. The molecule has 0 saturated carbocycles. The summed E-state index contributed by atoms with van der Waals surface area (Å²) in [6.45, 7) is 4.33. The van der Waals surface area contributed by atoms with Gasteiger partial charge >= 0.3 is 234 Å². The molecular weight excluding hydrogens is 1350 g/mol. The first-order chi connectivity index (χ1) is 20.7. The Bertz CT molecular complexity index is 1530. The zero-order valence-corrected chi connectivity index (χ0v) is 46.8. The second-order valence-corrected chi connectivity index (χ2v) is 20.7. The molecule has 17 heteroatoms. The Hall–Kier alpha value is -1.85. The Kier molecular flexibility index (Phi) is 16.4. The van der Waals surface area contributed by atoms with Crippen LogP contribution in [-0.2, 0) is 134 Å². The number of aliphatic carboxylic acids is 4. The molecule has 0 unspecified atom stereocenters. The molecule has 0 fully saturated rings. The van der Waals surface area contributed by atoms with Gasteiger partial charge in [0.15, 0.2) is 0 Å². The fraction of sp³-hybridized carbons (Fsp3) is 0.179. The molecule has 3 aromatic carbocycles. The number of carbonyl (C=O) groups is 5. The van der Waals surface area contributed by atoms with E-state index >= 15 is 0 Å². The summed E-state index contributed by atoms with van der Waals surface area (Å²) in [5.41, 5.74) is 1.91. The van der Waals surface area contributed by atoms with Gasteiger partial charge in [0, 0.05) is 27.7 Å². The van der Waals surface area contributed by atoms with Crippen molar-refractivity contribution in [2.45, 2.75) is 33.3 Å². The normalized spacial score (nSPS) is 12.2. The third kappa shape index (κ3) is 10.6. The van der Waals surface area contributed by atoms with Crippen molar-refractivity contribution in [3.8, 4) is 23.0 Å². The van der Waals surface area contributed by atoms with Gasteiger partial charge < -0.3 is 20.4 Å². The molecule has 2 aliphatic heterocycles. The molecule has 0 radical (unpaired) electrons. The number of benzene rings is 3. The first-order valence-corrected chi connectivity index (χ1v) is 23.6. The second kappa shape index (κ2) is 17.9. The predicted molar refractivity (Wildman–Crippen MR) is 140 cm³/mol. The molecule has 1 spiro atoms. The van der Waals surface area contributed by atoms with Crippen LogP contribution in [0.1, 0.15) is 54.7 Å². The molecule has 0 aliphatic carbocycles.